The molecule has 0 unspecified atom stereocenters. The molecule has 0 saturated heterocycles. The normalized spacial score (nSPS) is 11.3. The van der Waals surface area contributed by atoms with E-state index in [2.05, 4.69) is 5.32 Å². The summed E-state index contributed by atoms with van der Waals surface area (Å²) >= 11 is 1.01. The second-order valence-corrected chi connectivity index (χ2v) is 10.4. The van der Waals surface area contributed by atoms with Gasteiger partial charge in [0, 0.05) is 23.7 Å². The molecule has 0 spiro atoms. The van der Waals surface area contributed by atoms with Crippen LogP contribution in [0.5, 0.6) is 0 Å². The van der Waals surface area contributed by atoms with E-state index in [1.165, 1.54) is 25.2 Å². The average molecular weight is 495 g/mol. The van der Waals surface area contributed by atoms with E-state index >= 15 is 0 Å². The van der Waals surface area contributed by atoms with Gasteiger partial charge in [-0.25, -0.2) is 12.8 Å². The standard InChI is InChI=1S/C26H23FN2O3S2/c1-3-18-9-7-12-21(15-18)28-26(30)24-25(23(17-33-24)19-10-8-11-20(27)16-19)34(31,32)29(2)22-13-5-4-6-14-22/h4-17H,3H2,1-2H3,(H,28,30). The Hall–Kier alpha value is -3.49. The van der Waals surface area contributed by atoms with Crippen molar-refractivity contribution in [2.75, 3.05) is 16.7 Å². The molecule has 8 heteroatoms. The molecule has 174 valence electrons. The molecular weight excluding hydrogens is 471 g/mol. The van der Waals surface area contributed by atoms with Gasteiger partial charge in [0.05, 0.1) is 5.69 Å². The zero-order valence-electron chi connectivity index (χ0n) is 18.7. The van der Waals surface area contributed by atoms with Crippen molar-refractivity contribution >= 4 is 38.6 Å². The number of carbonyl (C=O) groups excluding carboxylic acids is 1. The first-order valence-electron chi connectivity index (χ1n) is 10.6. The van der Waals surface area contributed by atoms with Crippen LogP contribution < -0.4 is 9.62 Å². The van der Waals surface area contributed by atoms with Crippen LogP contribution in [-0.2, 0) is 16.4 Å². The molecule has 0 atom stereocenters. The SMILES string of the molecule is CCc1cccc(NC(=O)c2scc(-c3cccc(F)c3)c2S(=O)(=O)N(C)c2ccccc2)c1. The Kier molecular flexibility index (Phi) is 6.81. The molecule has 0 aliphatic rings. The van der Waals surface area contributed by atoms with E-state index in [1.54, 1.807) is 47.8 Å². The summed E-state index contributed by atoms with van der Waals surface area (Å²) in [6.45, 7) is 2.01. The molecular formula is C26H23FN2O3S2. The Labute approximate surface area is 202 Å². The summed E-state index contributed by atoms with van der Waals surface area (Å²) in [5.74, 6) is -1.04. The first kappa shape index (κ1) is 23.7. The van der Waals surface area contributed by atoms with E-state index in [0.29, 0.717) is 16.9 Å². The average Bonchev–Trinajstić information content (AvgIpc) is 3.31. The van der Waals surface area contributed by atoms with Crippen LogP contribution in [0, 0.1) is 5.82 Å². The van der Waals surface area contributed by atoms with Crippen molar-refractivity contribution in [3.8, 4) is 11.1 Å². The number of hydrogen-bond donors (Lipinski definition) is 1. The summed E-state index contributed by atoms with van der Waals surface area (Å²) in [6.07, 6.45) is 0.800. The lowest BCUT2D eigenvalue weighted by Crippen LogP contribution is -2.28. The molecule has 0 saturated carbocycles. The Morgan fingerprint density at radius 3 is 2.44 bits per heavy atom. The molecule has 1 amide bonds. The molecule has 4 rings (SSSR count). The van der Waals surface area contributed by atoms with Crippen molar-refractivity contribution < 1.29 is 17.6 Å². The third-order valence-corrected chi connectivity index (χ3v) is 8.40. The lowest BCUT2D eigenvalue weighted by molar-refractivity contribution is 0.102. The smallest absolute Gasteiger partial charge is 0.267 e. The van der Waals surface area contributed by atoms with Crippen LogP contribution in [0.4, 0.5) is 15.8 Å². The monoisotopic (exact) mass is 494 g/mol. The number of amides is 1. The minimum absolute atomic E-state index is 0.0314. The minimum atomic E-state index is -4.16. The molecule has 0 radical (unpaired) electrons. The molecule has 0 aliphatic heterocycles. The maximum atomic E-state index is 14.0. The van der Waals surface area contributed by atoms with Crippen LogP contribution in [-0.4, -0.2) is 21.4 Å². The molecule has 0 fully saturated rings. The molecule has 4 aromatic rings. The fraction of sp³-hybridized carbons (Fsp3) is 0.115. The van der Waals surface area contributed by atoms with E-state index in [9.17, 15) is 17.6 Å². The molecule has 5 nitrogen and oxygen atoms in total. The van der Waals surface area contributed by atoms with Crippen LogP contribution in [0.25, 0.3) is 11.1 Å². The Bertz CT molecular complexity index is 1430. The zero-order valence-corrected chi connectivity index (χ0v) is 20.3. The van der Waals surface area contributed by atoms with Gasteiger partial charge in [-0.3, -0.25) is 9.10 Å². The van der Waals surface area contributed by atoms with Gasteiger partial charge in [0.15, 0.2) is 0 Å². The number of para-hydroxylation sites is 1. The van der Waals surface area contributed by atoms with E-state index in [1.807, 2.05) is 25.1 Å². The fourth-order valence-electron chi connectivity index (χ4n) is 3.59. The van der Waals surface area contributed by atoms with Gasteiger partial charge >= 0.3 is 0 Å². The van der Waals surface area contributed by atoms with Crippen molar-refractivity contribution in [2.24, 2.45) is 0 Å². The van der Waals surface area contributed by atoms with Gasteiger partial charge in [0.1, 0.15) is 15.6 Å². The van der Waals surface area contributed by atoms with Gasteiger partial charge in [-0.05, 0) is 53.9 Å². The maximum Gasteiger partial charge on any atom is 0.267 e. The molecule has 1 N–H and O–H groups in total. The van der Waals surface area contributed by atoms with Gasteiger partial charge in [0.25, 0.3) is 15.9 Å². The summed E-state index contributed by atoms with van der Waals surface area (Å²) in [4.78, 5) is 13.2. The number of rotatable bonds is 7. The fourth-order valence-corrected chi connectivity index (χ4v) is 6.44. The number of carbonyl (C=O) groups is 1. The summed E-state index contributed by atoms with van der Waals surface area (Å²) < 4.78 is 42.7. The quantitative estimate of drug-likeness (QED) is 0.333. The van der Waals surface area contributed by atoms with Crippen LogP contribution in [0.15, 0.2) is 89.1 Å². The van der Waals surface area contributed by atoms with Crippen molar-refractivity contribution in [1.29, 1.82) is 0 Å². The van der Waals surface area contributed by atoms with Crippen LogP contribution in [0.2, 0.25) is 0 Å². The molecule has 34 heavy (non-hydrogen) atoms. The van der Waals surface area contributed by atoms with Crippen LogP contribution in [0.1, 0.15) is 22.2 Å². The third kappa shape index (κ3) is 4.73. The number of nitrogens with zero attached hydrogens (tertiary/aromatic N) is 1. The summed E-state index contributed by atoms with van der Waals surface area (Å²) in [6, 6.07) is 21.7. The third-order valence-electron chi connectivity index (χ3n) is 5.42. The van der Waals surface area contributed by atoms with Gasteiger partial charge < -0.3 is 5.32 Å². The number of halogens is 1. The predicted molar refractivity (Wildman–Crippen MR) is 136 cm³/mol. The first-order valence-corrected chi connectivity index (χ1v) is 12.9. The minimum Gasteiger partial charge on any atom is -0.321 e. The van der Waals surface area contributed by atoms with Crippen molar-refractivity contribution in [1.82, 2.24) is 0 Å². The van der Waals surface area contributed by atoms with E-state index in [4.69, 9.17) is 0 Å². The van der Waals surface area contributed by atoms with Gasteiger partial charge in [-0.2, -0.15) is 0 Å². The van der Waals surface area contributed by atoms with Crippen molar-refractivity contribution in [3.63, 3.8) is 0 Å². The lowest BCUT2D eigenvalue weighted by atomic mass is 10.1. The number of anilines is 2. The largest absolute Gasteiger partial charge is 0.321 e. The van der Waals surface area contributed by atoms with E-state index < -0.39 is 21.7 Å². The Morgan fingerprint density at radius 2 is 1.74 bits per heavy atom. The highest BCUT2D eigenvalue weighted by Gasteiger charge is 2.32. The van der Waals surface area contributed by atoms with E-state index in [0.717, 1.165) is 27.6 Å². The van der Waals surface area contributed by atoms with Gasteiger partial charge in [0.2, 0.25) is 0 Å². The number of sulfonamides is 1. The summed E-state index contributed by atoms with van der Waals surface area (Å²) in [5, 5.41) is 4.40. The zero-order chi connectivity index (χ0) is 24.3. The molecule has 1 heterocycles. The summed E-state index contributed by atoms with van der Waals surface area (Å²) in [5.41, 5.74) is 2.72. The molecule has 0 bridgehead atoms. The van der Waals surface area contributed by atoms with Crippen molar-refractivity contribution in [2.45, 2.75) is 18.2 Å². The highest BCUT2D eigenvalue weighted by molar-refractivity contribution is 7.93. The molecule has 3 aromatic carbocycles. The second kappa shape index (κ2) is 9.79. The maximum absolute atomic E-state index is 14.0. The number of thiophene rings is 1. The number of benzene rings is 3. The summed E-state index contributed by atoms with van der Waals surface area (Å²) in [7, 11) is -2.73. The van der Waals surface area contributed by atoms with Crippen LogP contribution in [0.3, 0.4) is 0 Å². The highest BCUT2D eigenvalue weighted by atomic mass is 32.2. The Balaban J connectivity index is 1.83. The van der Waals surface area contributed by atoms with Gasteiger partial charge in [-0.15, -0.1) is 11.3 Å². The highest BCUT2D eigenvalue weighted by Crippen LogP contribution is 2.38. The molecule has 1 aromatic heterocycles. The first-order chi connectivity index (χ1) is 16.3. The lowest BCUT2D eigenvalue weighted by Gasteiger charge is -2.21. The Morgan fingerprint density at radius 1 is 1.00 bits per heavy atom. The second-order valence-electron chi connectivity index (χ2n) is 7.63. The van der Waals surface area contributed by atoms with Gasteiger partial charge in [-0.1, -0.05) is 49.4 Å². The topological polar surface area (TPSA) is 66.5 Å². The number of nitrogens with one attached hydrogen (secondary N) is 1. The van der Waals surface area contributed by atoms with Crippen LogP contribution >= 0.6 is 11.3 Å². The predicted octanol–water partition coefficient (Wildman–Crippen LogP) is 6.19. The van der Waals surface area contributed by atoms with Crippen molar-refractivity contribution in [3.05, 3.63) is 101 Å². The molecule has 0 aliphatic carbocycles. The van der Waals surface area contributed by atoms with E-state index in [-0.39, 0.29) is 15.3 Å². The number of aryl methyl sites for hydroxylation is 1. The number of hydrogen-bond acceptors (Lipinski definition) is 4.